The van der Waals surface area contributed by atoms with E-state index in [0.29, 0.717) is 12.2 Å². The Hall–Kier alpha value is -2.67. The van der Waals surface area contributed by atoms with Gasteiger partial charge in [0.05, 0.1) is 17.6 Å². The summed E-state index contributed by atoms with van der Waals surface area (Å²) < 4.78 is 26.0. The number of nitrogens with zero attached hydrogens (tertiary/aromatic N) is 4. The van der Waals surface area contributed by atoms with Crippen LogP contribution in [0, 0.1) is 6.92 Å². The number of anilines is 1. The smallest absolute Gasteiger partial charge is 0.284 e. The van der Waals surface area contributed by atoms with E-state index in [1.807, 2.05) is 49.2 Å². The molecule has 124 valence electrons. The molecule has 0 radical (unpaired) electrons. The molecule has 1 heterocycles. The molecule has 0 atom stereocenters. The Morgan fingerprint density at radius 2 is 1.71 bits per heavy atom. The van der Waals surface area contributed by atoms with E-state index in [-0.39, 0.29) is 4.90 Å². The van der Waals surface area contributed by atoms with Gasteiger partial charge in [-0.15, -0.1) is 9.19 Å². The Kier molecular flexibility index (Phi) is 4.35. The standard InChI is InChI=1S/C17H18N4O2S/c1-14-8-10-17(11-9-14)24(22,23)21-13-15(18-19-21)12-20(2)16-6-4-3-5-7-16/h3-11,13H,12H2,1-2H3. The Balaban J connectivity index is 1.81. The molecule has 0 aliphatic rings. The van der Waals surface area contributed by atoms with Crippen LogP contribution in [0.5, 0.6) is 0 Å². The van der Waals surface area contributed by atoms with Crippen molar-refractivity contribution in [2.45, 2.75) is 18.4 Å². The zero-order chi connectivity index (χ0) is 17.2. The minimum absolute atomic E-state index is 0.195. The average Bonchev–Trinajstić information content (AvgIpc) is 3.05. The van der Waals surface area contributed by atoms with E-state index in [2.05, 4.69) is 10.3 Å². The normalized spacial score (nSPS) is 11.4. The molecule has 2 aromatic carbocycles. The summed E-state index contributed by atoms with van der Waals surface area (Å²) in [6.07, 6.45) is 1.45. The molecule has 3 rings (SSSR count). The lowest BCUT2D eigenvalue weighted by atomic mass is 10.2. The van der Waals surface area contributed by atoms with Gasteiger partial charge >= 0.3 is 0 Å². The van der Waals surface area contributed by atoms with Crippen molar-refractivity contribution in [1.82, 2.24) is 14.4 Å². The van der Waals surface area contributed by atoms with E-state index in [1.165, 1.54) is 6.20 Å². The van der Waals surface area contributed by atoms with Crippen molar-refractivity contribution in [2.75, 3.05) is 11.9 Å². The molecule has 0 fully saturated rings. The van der Waals surface area contributed by atoms with Crippen LogP contribution in [0.2, 0.25) is 0 Å². The molecule has 0 saturated carbocycles. The van der Waals surface area contributed by atoms with Gasteiger partial charge in [-0.3, -0.25) is 0 Å². The number of rotatable bonds is 5. The highest BCUT2D eigenvalue weighted by atomic mass is 32.2. The van der Waals surface area contributed by atoms with Crippen LogP contribution < -0.4 is 4.90 Å². The van der Waals surface area contributed by atoms with Crippen molar-refractivity contribution in [3.05, 3.63) is 72.1 Å². The molecule has 0 spiro atoms. The first-order valence-electron chi connectivity index (χ1n) is 7.46. The third kappa shape index (κ3) is 3.30. The van der Waals surface area contributed by atoms with Gasteiger partial charge in [0.1, 0.15) is 5.69 Å². The Morgan fingerprint density at radius 3 is 2.38 bits per heavy atom. The number of hydrogen-bond donors (Lipinski definition) is 0. The van der Waals surface area contributed by atoms with Gasteiger partial charge in [-0.25, -0.2) is 0 Å². The molecule has 7 heteroatoms. The quantitative estimate of drug-likeness (QED) is 0.712. The van der Waals surface area contributed by atoms with Crippen molar-refractivity contribution in [2.24, 2.45) is 0 Å². The van der Waals surface area contributed by atoms with Crippen LogP contribution in [0.25, 0.3) is 0 Å². The highest BCUT2D eigenvalue weighted by Crippen LogP contribution is 2.16. The maximum absolute atomic E-state index is 12.6. The van der Waals surface area contributed by atoms with Gasteiger partial charge < -0.3 is 4.90 Å². The van der Waals surface area contributed by atoms with Crippen LogP contribution in [-0.4, -0.2) is 29.9 Å². The number of para-hydroxylation sites is 1. The molecule has 0 aliphatic heterocycles. The Bertz CT molecular complexity index is 919. The number of aromatic nitrogens is 3. The summed E-state index contributed by atoms with van der Waals surface area (Å²) >= 11 is 0. The fourth-order valence-electron chi connectivity index (χ4n) is 2.31. The van der Waals surface area contributed by atoms with Crippen molar-refractivity contribution < 1.29 is 8.42 Å². The largest absolute Gasteiger partial charge is 0.369 e. The first-order valence-corrected chi connectivity index (χ1v) is 8.90. The van der Waals surface area contributed by atoms with Gasteiger partial charge in [0.25, 0.3) is 10.0 Å². The Labute approximate surface area is 141 Å². The zero-order valence-electron chi connectivity index (χ0n) is 13.5. The van der Waals surface area contributed by atoms with Crippen LogP contribution in [0.3, 0.4) is 0 Å². The van der Waals surface area contributed by atoms with Gasteiger partial charge in [-0.2, -0.15) is 8.42 Å². The maximum atomic E-state index is 12.6. The predicted molar refractivity (Wildman–Crippen MR) is 92.3 cm³/mol. The molecule has 0 saturated heterocycles. The van der Waals surface area contributed by atoms with Gasteiger partial charge in [0.15, 0.2) is 0 Å². The molecule has 0 unspecified atom stereocenters. The van der Waals surface area contributed by atoms with Gasteiger partial charge in [0, 0.05) is 12.7 Å². The zero-order valence-corrected chi connectivity index (χ0v) is 14.3. The van der Waals surface area contributed by atoms with Crippen molar-refractivity contribution in [3.63, 3.8) is 0 Å². The molecule has 1 aromatic heterocycles. The molecular formula is C17H18N4O2S. The fraction of sp³-hybridized carbons (Fsp3) is 0.176. The Morgan fingerprint density at radius 1 is 1.04 bits per heavy atom. The van der Waals surface area contributed by atoms with E-state index in [9.17, 15) is 8.42 Å². The second-order valence-corrected chi connectivity index (χ2v) is 7.39. The SMILES string of the molecule is Cc1ccc(S(=O)(=O)n2cc(CN(C)c3ccccc3)nn2)cc1. The molecule has 0 bridgehead atoms. The van der Waals surface area contributed by atoms with E-state index >= 15 is 0 Å². The van der Waals surface area contributed by atoms with E-state index < -0.39 is 10.0 Å². The minimum Gasteiger partial charge on any atom is -0.369 e. The van der Waals surface area contributed by atoms with Crippen molar-refractivity contribution >= 4 is 15.7 Å². The monoisotopic (exact) mass is 342 g/mol. The van der Waals surface area contributed by atoms with E-state index in [1.54, 1.807) is 24.3 Å². The third-order valence-corrected chi connectivity index (χ3v) is 5.22. The van der Waals surface area contributed by atoms with Crippen LogP contribution >= 0.6 is 0 Å². The van der Waals surface area contributed by atoms with Gasteiger partial charge in [-0.05, 0) is 31.2 Å². The molecule has 0 amide bonds. The summed E-state index contributed by atoms with van der Waals surface area (Å²) in [6.45, 7) is 2.37. The lowest BCUT2D eigenvalue weighted by Crippen LogP contribution is -2.16. The first kappa shape index (κ1) is 16.2. The van der Waals surface area contributed by atoms with Crippen molar-refractivity contribution in [1.29, 1.82) is 0 Å². The summed E-state index contributed by atoms with van der Waals surface area (Å²) in [5, 5.41) is 7.77. The average molecular weight is 342 g/mol. The number of hydrogen-bond acceptors (Lipinski definition) is 5. The minimum atomic E-state index is -3.71. The number of benzene rings is 2. The third-order valence-electron chi connectivity index (χ3n) is 3.68. The second-order valence-electron chi connectivity index (χ2n) is 5.59. The topological polar surface area (TPSA) is 68.1 Å². The van der Waals surface area contributed by atoms with Crippen LogP contribution in [0.15, 0.2) is 65.7 Å². The lowest BCUT2D eigenvalue weighted by molar-refractivity contribution is 0.577. The van der Waals surface area contributed by atoms with E-state index in [4.69, 9.17) is 0 Å². The summed E-state index contributed by atoms with van der Waals surface area (Å²) in [6, 6.07) is 16.5. The molecule has 24 heavy (non-hydrogen) atoms. The van der Waals surface area contributed by atoms with Gasteiger partial charge in [-0.1, -0.05) is 41.1 Å². The molecule has 0 aliphatic carbocycles. The summed E-state index contributed by atoms with van der Waals surface area (Å²) in [7, 11) is -1.79. The summed E-state index contributed by atoms with van der Waals surface area (Å²) in [5.74, 6) is 0. The highest BCUT2D eigenvalue weighted by Gasteiger charge is 2.19. The van der Waals surface area contributed by atoms with E-state index in [0.717, 1.165) is 15.3 Å². The second kappa shape index (κ2) is 6.45. The lowest BCUT2D eigenvalue weighted by Gasteiger charge is -2.17. The summed E-state index contributed by atoms with van der Waals surface area (Å²) in [5.41, 5.74) is 2.60. The predicted octanol–water partition coefficient (Wildman–Crippen LogP) is 2.46. The fourth-order valence-corrected chi connectivity index (χ4v) is 3.39. The maximum Gasteiger partial charge on any atom is 0.284 e. The highest BCUT2D eigenvalue weighted by molar-refractivity contribution is 7.89. The van der Waals surface area contributed by atoms with Crippen LogP contribution in [0.1, 0.15) is 11.3 Å². The van der Waals surface area contributed by atoms with Crippen LogP contribution in [0.4, 0.5) is 5.69 Å². The molecule has 0 N–H and O–H groups in total. The van der Waals surface area contributed by atoms with Crippen molar-refractivity contribution in [3.8, 4) is 0 Å². The first-order chi connectivity index (χ1) is 11.5. The molecule has 3 aromatic rings. The summed E-state index contributed by atoms with van der Waals surface area (Å²) in [4.78, 5) is 2.17. The van der Waals surface area contributed by atoms with Gasteiger partial charge in [0.2, 0.25) is 0 Å². The molecule has 6 nitrogen and oxygen atoms in total. The van der Waals surface area contributed by atoms with Crippen LogP contribution in [-0.2, 0) is 16.6 Å². The number of aryl methyl sites for hydroxylation is 1. The molecular weight excluding hydrogens is 324 g/mol.